The largest absolute Gasteiger partial charge is 0.450 e. The van der Waals surface area contributed by atoms with E-state index in [1.165, 1.54) is 4.88 Å². The van der Waals surface area contributed by atoms with Crippen LogP contribution in [0.2, 0.25) is 0 Å². The lowest BCUT2D eigenvalue weighted by Gasteiger charge is -2.32. The van der Waals surface area contributed by atoms with Gasteiger partial charge in [0.2, 0.25) is 5.91 Å². The van der Waals surface area contributed by atoms with Gasteiger partial charge in [-0.2, -0.15) is 0 Å². The fourth-order valence-electron chi connectivity index (χ4n) is 3.17. The summed E-state index contributed by atoms with van der Waals surface area (Å²) < 4.78 is 5.08. The van der Waals surface area contributed by atoms with Gasteiger partial charge in [0.25, 0.3) is 0 Å². The fraction of sp³-hybridized carbons (Fsp3) is 0.667. The van der Waals surface area contributed by atoms with E-state index in [4.69, 9.17) is 4.74 Å². The average Bonchev–Trinajstić information content (AvgIpc) is 3.23. The standard InChI is InChI=1S/C21H35N5O3S/c1-5-29-21(28)26-10-8-17(9-11-26)24-20(23-15-19(27)25(3)4)22-14-16(2)13-18-7-6-12-30-18/h6-7,12,16-17H,5,8-11,13-15H2,1-4H3,(H2,22,23,24). The highest BCUT2D eigenvalue weighted by atomic mass is 32.1. The summed E-state index contributed by atoms with van der Waals surface area (Å²) in [6.45, 7) is 6.57. The maximum absolute atomic E-state index is 12.0. The Morgan fingerprint density at radius 2 is 2.10 bits per heavy atom. The lowest BCUT2D eigenvalue weighted by molar-refractivity contribution is -0.127. The highest BCUT2D eigenvalue weighted by Crippen LogP contribution is 2.14. The van der Waals surface area contributed by atoms with E-state index in [0.29, 0.717) is 31.6 Å². The van der Waals surface area contributed by atoms with E-state index in [2.05, 4.69) is 40.1 Å². The minimum atomic E-state index is -0.248. The van der Waals surface area contributed by atoms with Crippen LogP contribution in [0.5, 0.6) is 0 Å². The van der Waals surface area contributed by atoms with E-state index in [1.807, 2.05) is 6.92 Å². The molecule has 0 radical (unpaired) electrons. The van der Waals surface area contributed by atoms with E-state index < -0.39 is 0 Å². The molecule has 9 heteroatoms. The summed E-state index contributed by atoms with van der Waals surface area (Å²) in [6.07, 6.45) is 2.38. The van der Waals surface area contributed by atoms with Crippen LogP contribution in [0.4, 0.5) is 4.79 Å². The Morgan fingerprint density at radius 1 is 1.37 bits per heavy atom. The molecule has 1 aromatic rings. The Morgan fingerprint density at radius 3 is 2.70 bits per heavy atom. The second kappa shape index (κ2) is 12.4. The summed E-state index contributed by atoms with van der Waals surface area (Å²) in [4.78, 5) is 33.0. The zero-order valence-corrected chi connectivity index (χ0v) is 19.3. The molecule has 2 rings (SSSR count). The molecule has 0 aromatic carbocycles. The molecule has 1 unspecified atom stereocenters. The number of hydrogen-bond acceptors (Lipinski definition) is 5. The molecule has 0 saturated carbocycles. The van der Waals surface area contributed by atoms with Gasteiger partial charge in [0, 0.05) is 44.6 Å². The molecule has 2 amide bonds. The van der Waals surface area contributed by atoms with Crippen LogP contribution in [-0.2, 0) is 16.0 Å². The number of hydrogen-bond donors (Lipinski definition) is 2. The molecule has 1 aromatic heterocycles. The van der Waals surface area contributed by atoms with Crippen molar-refractivity contribution in [2.24, 2.45) is 10.9 Å². The van der Waals surface area contributed by atoms with Gasteiger partial charge >= 0.3 is 6.09 Å². The number of guanidine groups is 1. The molecule has 0 aliphatic carbocycles. The van der Waals surface area contributed by atoms with Gasteiger partial charge in [-0.05, 0) is 43.6 Å². The smallest absolute Gasteiger partial charge is 0.409 e. The molecule has 168 valence electrons. The molecule has 1 aliphatic heterocycles. The number of likely N-dealkylation sites (N-methyl/N-ethyl adjacent to an activating group) is 1. The average molecular weight is 438 g/mol. The van der Waals surface area contributed by atoms with Crippen LogP contribution in [0, 0.1) is 5.92 Å². The van der Waals surface area contributed by atoms with Crippen molar-refractivity contribution in [2.75, 3.05) is 46.9 Å². The zero-order chi connectivity index (χ0) is 21.9. The van der Waals surface area contributed by atoms with E-state index in [0.717, 1.165) is 25.8 Å². The monoisotopic (exact) mass is 437 g/mol. The third-order valence-electron chi connectivity index (χ3n) is 4.98. The third kappa shape index (κ3) is 8.22. The van der Waals surface area contributed by atoms with Crippen molar-refractivity contribution in [1.29, 1.82) is 0 Å². The highest BCUT2D eigenvalue weighted by molar-refractivity contribution is 7.09. The summed E-state index contributed by atoms with van der Waals surface area (Å²) in [7, 11) is 3.46. The minimum absolute atomic E-state index is 0.0418. The zero-order valence-electron chi connectivity index (χ0n) is 18.5. The van der Waals surface area contributed by atoms with E-state index >= 15 is 0 Å². The van der Waals surface area contributed by atoms with Gasteiger partial charge in [0.15, 0.2) is 5.96 Å². The molecular formula is C21H35N5O3S. The summed E-state index contributed by atoms with van der Waals surface area (Å²) in [5, 5.41) is 8.94. The van der Waals surface area contributed by atoms with Crippen molar-refractivity contribution in [2.45, 2.75) is 39.2 Å². The van der Waals surface area contributed by atoms with Crippen molar-refractivity contribution in [3.63, 3.8) is 0 Å². The van der Waals surface area contributed by atoms with E-state index in [9.17, 15) is 9.59 Å². The molecule has 1 saturated heterocycles. The van der Waals surface area contributed by atoms with Crippen molar-refractivity contribution >= 4 is 29.3 Å². The number of rotatable bonds is 8. The number of thiophene rings is 1. The Labute approximate surface area is 183 Å². The van der Waals surface area contributed by atoms with Crippen LogP contribution in [0.25, 0.3) is 0 Å². The molecule has 1 aliphatic rings. The lowest BCUT2D eigenvalue weighted by atomic mass is 10.1. The summed E-state index contributed by atoms with van der Waals surface area (Å²) >= 11 is 1.77. The second-order valence-electron chi connectivity index (χ2n) is 7.83. The molecule has 2 heterocycles. The molecule has 8 nitrogen and oxygen atoms in total. The minimum Gasteiger partial charge on any atom is -0.450 e. The Hall–Kier alpha value is -2.29. The normalized spacial score (nSPS) is 16.1. The number of aliphatic imine (C=N–C) groups is 1. The van der Waals surface area contributed by atoms with Crippen molar-refractivity contribution < 1.29 is 14.3 Å². The fourth-order valence-corrected chi connectivity index (χ4v) is 4.04. The summed E-state index contributed by atoms with van der Waals surface area (Å²) in [5.41, 5.74) is 0. The molecule has 2 N–H and O–H groups in total. The molecule has 30 heavy (non-hydrogen) atoms. The van der Waals surface area contributed by atoms with Crippen LogP contribution in [0.3, 0.4) is 0 Å². The first-order chi connectivity index (χ1) is 14.4. The van der Waals surface area contributed by atoms with Gasteiger partial charge in [-0.15, -0.1) is 11.3 Å². The van der Waals surface area contributed by atoms with Crippen LogP contribution in [-0.4, -0.2) is 80.7 Å². The molecule has 1 atom stereocenters. The Kier molecular flexibility index (Phi) is 9.93. The van der Waals surface area contributed by atoms with Gasteiger partial charge in [-0.3, -0.25) is 4.79 Å². The predicted molar refractivity (Wildman–Crippen MR) is 121 cm³/mol. The number of likely N-dealkylation sites (tertiary alicyclic amines) is 1. The molecule has 0 spiro atoms. The molecular weight excluding hydrogens is 402 g/mol. The van der Waals surface area contributed by atoms with Gasteiger partial charge in [0.05, 0.1) is 6.61 Å². The first-order valence-electron chi connectivity index (χ1n) is 10.6. The van der Waals surface area contributed by atoms with Gasteiger partial charge in [-0.25, -0.2) is 9.79 Å². The van der Waals surface area contributed by atoms with Gasteiger partial charge in [0.1, 0.15) is 6.54 Å². The Balaban J connectivity index is 1.88. The Bertz CT molecular complexity index is 685. The van der Waals surface area contributed by atoms with Crippen LogP contribution >= 0.6 is 11.3 Å². The third-order valence-corrected chi connectivity index (χ3v) is 5.88. The first kappa shape index (κ1) is 24.0. The second-order valence-corrected chi connectivity index (χ2v) is 8.86. The number of carbonyl (C=O) groups is 2. The number of ether oxygens (including phenoxy) is 1. The maximum Gasteiger partial charge on any atom is 0.409 e. The van der Waals surface area contributed by atoms with Crippen molar-refractivity contribution in [3.05, 3.63) is 22.4 Å². The SMILES string of the molecule is CCOC(=O)N1CCC(NC(=NCC(=O)N(C)C)NCC(C)Cc2cccs2)CC1. The van der Waals surface area contributed by atoms with Crippen LogP contribution in [0.15, 0.2) is 22.5 Å². The quantitative estimate of drug-likeness (QED) is 0.481. The van der Waals surface area contributed by atoms with Gasteiger partial charge in [-0.1, -0.05) is 13.0 Å². The summed E-state index contributed by atoms with van der Waals surface area (Å²) in [5.74, 6) is 1.04. The molecule has 0 bridgehead atoms. The maximum atomic E-state index is 12.0. The van der Waals surface area contributed by atoms with Gasteiger partial charge < -0.3 is 25.2 Å². The number of amides is 2. The lowest BCUT2D eigenvalue weighted by Crippen LogP contribution is -2.50. The topological polar surface area (TPSA) is 86.3 Å². The predicted octanol–water partition coefficient (Wildman–Crippen LogP) is 2.17. The van der Waals surface area contributed by atoms with E-state index in [1.54, 1.807) is 35.2 Å². The first-order valence-corrected chi connectivity index (χ1v) is 11.5. The van der Waals surface area contributed by atoms with Crippen molar-refractivity contribution in [3.8, 4) is 0 Å². The number of nitrogens with zero attached hydrogens (tertiary/aromatic N) is 3. The van der Waals surface area contributed by atoms with Crippen molar-refractivity contribution in [1.82, 2.24) is 20.4 Å². The van der Waals surface area contributed by atoms with E-state index in [-0.39, 0.29) is 24.6 Å². The molecule has 1 fully saturated rings. The number of piperidine rings is 1. The number of carbonyl (C=O) groups excluding carboxylic acids is 2. The highest BCUT2D eigenvalue weighted by Gasteiger charge is 2.24. The number of nitrogens with one attached hydrogen (secondary N) is 2. The van der Waals surface area contributed by atoms with Crippen LogP contribution < -0.4 is 10.6 Å². The summed E-state index contributed by atoms with van der Waals surface area (Å²) in [6, 6.07) is 4.43. The van der Waals surface area contributed by atoms with Crippen LogP contribution in [0.1, 0.15) is 31.6 Å².